The van der Waals surface area contributed by atoms with E-state index in [2.05, 4.69) is 17.4 Å². The molecule has 3 rings (SSSR count). The molecule has 0 heterocycles. The van der Waals surface area contributed by atoms with Gasteiger partial charge < -0.3 is 5.32 Å². The Morgan fingerprint density at radius 3 is 2.35 bits per heavy atom. The molecule has 0 aliphatic rings. The minimum absolute atomic E-state index is 0.297. The van der Waals surface area contributed by atoms with Crippen LogP contribution in [0.5, 0.6) is 0 Å². The van der Waals surface area contributed by atoms with Gasteiger partial charge in [0.15, 0.2) is 0 Å². The van der Waals surface area contributed by atoms with E-state index in [0.29, 0.717) is 16.4 Å². The van der Waals surface area contributed by atoms with Gasteiger partial charge in [-0.3, -0.25) is 5.41 Å². The maximum atomic E-state index is 8.12. The van der Waals surface area contributed by atoms with Gasteiger partial charge in [-0.15, -0.1) is 0 Å². The Labute approximate surface area is 122 Å². The monoisotopic (exact) mass is 280 g/mol. The molecule has 0 amide bonds. The lowest BCUT2D eigenvalue weighted by atomic mass is 10.1. The second-order valence-electron chi connectivity index (χ2n) is 4.54. The summed E-state index contributed by atoms with van der Waals surface area (Å²) < 4.78 is 0. The van der Waals surface area contributed by atoms with Crippen molar-refractivity contribution >= 4 is 33.9 Å². The van der Waals surface area contributed by atoms with Crippen molar-refractivity contribution < 1.29 is 0 Å². The number of hydrogen-bond donors (Lipinski definition) is 2. The Morgan fingerprint density at radius 1 is 0.850 bits per heavy atom. The minimum atomic E-state index is 0.297. The molecule has 3 aromatic rings. The molecule has 0 radical (unpaired) electrons. The van der Waals surface area contributed by atoms with E-state index in [-0.39, 0.29) is 0 Å². The maximum Gasteiger partial charge on any atom is 0.131 e. The van der Waals surface area contributed by atoms with Crippen molar-refractivity contribution in [3.8, 4) is 0 Å². The SMILES string of the molecule is N=C(Nc1ccc2ccccc2c1)c1ccccc1Cl. The van der Waals surface area contributed by atoms with E-state index < -0.39 is 0 Å². The van der Waals surface area contributed by atoms with Crippen LogP contribution >= 0.6 is 11.6 Å². The smallest absolute Gasteiger partial charge is 0.131 e. The van der Waals surface area contributed by atoms with Gasteiger partial charge in [-0.05, 0) is 35.0 Å². The Kier molecular flexibility index (Phi) is 3.40. The number of benzene rings is 3. The molecular formula is C17H13ClN2. The van der Waals surface area contributed by atoms with Crippen LogP contribution in [0, 0.1) is 5.41 Å². The molecule has 3 aromatic carbocycles. The summed E-state index contributed by atoms with van der Waals surface area (Å²) in [7, 11) is 0. The van der Waals surface area contributed by atoms with Crippen LogP contribution in [0.25, 0.3) is 10.8 Å². The van der Waals surface area contributed by atoms with E-state index in [1.54, 1.807) is 6.07 Å². The van der Waals surface area contributed by atoms with E-state index in [1.807, 2.05) is 48.5 Å². The standard InChI is InChI=1S/C17H13ClN2/c18-16-8-4-3-7-15(16)17(19)20-14-10-9-12-5-1-2-6-13(12)11-14/h1-11H,(H2,19,20). The first-order chi connectivity index (χ1) is 9.74. The van der Waals surface area contributed by atoms with Gasteiger partial charge in [0.2, 0.25) is 0 Å². The summed E-state index contributed by atoms with van der Waals surface area (Å²) in [6.07, 6.45) is 0. The van der Waals surface area contributed by atoms with Crippen LogP contribution in [-0.2, 0) is 0 Å². The Bertz CT molecular complexity index is 781. The third-order valence-electron chi connectivity index (χ3n) is 3.16. The Hall–Kier alpha value is -2.32. The summed E-state index contributed by atoms with van der Waals surface area (Å²) in [6, 6.07) is 21.5. The quantitative estimate of drug-likeness (QED) is 0.507. The third kappa shape index (κ3) is 2.51. The normalized spacial score (nSPS) is 10.4. The molecule has 0 bridgehead atoms. The van der Waals surface area contributed by atoms with Crippen LogP contribution in [0.1, 0.15) is 5.56 Å². The van der Waals surface area contributed by atoms with Gasteiger partial charge in [-0.2, -0.15) is 0 Å². The zero-order valence-electron chi connectivity index (χ0n) is 10.7. The predicted octanol–water partition coefficient (Wildman–Crippen LogP) is 4.93. The van der Waals surface area contributed by atoms with Crippen LogP contribution in [0.4, 0.5) is 5.69 Å². The fourth-order valence-electron chi connectivity index (χ4n) is 2.14. The van der Waals surface area contributed by atoms with Gasteiger partial charge in [0.1, 0.15) is 5.84 Å². The van der Waals surface area contributed by atoms with Gasteiger partial charge in [0, 0.05) is 11.3 Å². The molecule has 0 aliphatic carbocycles. The second kappa shape index (κ2) is 5.35. The Balaban J connectivity index is 1.89. The molecule has 98 valence electrons. The first kappa shape index (κ1) is 12.7. The topological polar surface area (TPSA) is 35.9 Å². The molecule has 0 saturated carbocycles. The molecule has 0 aromatic heterocycles. The number of halogens is 1. The van der Waals surface area contributed by atoms with E-state index in [4.69, 9.17) is 17.0 Å². The average molecular weight is 281 g/mol. The fraction of sp³-hybridized carbons (Fsp3) is 0. The highest BCUT2D eigenvalue weighted by molar-refractivity contribution is 6.34. The van der Waals surface area contributed by atoms with Gasteiger partial charge in [0.25, 0.3) is 0 Å². The summed E-state index contributed by atoms with van der Waals surface area (Å²) in [5, 5.41) is 14.1. The van der Waals surface area contributed by atoms with Gasteiger partial charge in [-0.1, -0.05) is 54.1 Å². The first-order valence-corrected chi connectivity index (χ1v) is 6.71. The van der Waals surface area contributed by atoms with Gasteiger partial charge >= 0.3 is 0 Å². The number of fused-ring (bicyclic) bond motifs is 1. The lowest BCUT2D eigenvalue weighted by Crippen LogP contribution is -2.12. The van der Waals surface area contributed by atoms with Crippen molar-refractivity contribution in [2.45, 2.75) is 0 Å². The molecule has 0 spiro atoms. The molecular weight excluding hydrogens is 268 g/mol. The molecule has 2 nitrogen and oxygen atoms in total. The summed E-state index contributed by atoms with van der Waals surface area (Å²) >= 11 is 6.10. The highest BCUT2D eigenvalue weighted by Gasteiger charge is 2.06. The molecule has 20 heavy (non-hydrogen) atoms. The predicted molar refractivity (Wildman–Crippen MR) is 85.9 cm³/mol. The Morgan fingerprint density at radius 2 is 1.55 bits per heavy atom. The van der Waals surface area contributed by atoms with Crippen molar-refractivity contribution in [1.29, 1.82) is 5.41 Å². The number of rotatable bonds is 2. The van der Waals surface area contributed by atoms with Crippen molar-refractivity contribution in [3.63, 3.8) is 0 Å². The fourth-order valence-corrected chi connectivity index (χ4v) is 2.37. The van der Waals surface area contributed by atoms with Crippen LogP contribution in [0.15, 0.2) is 66.7 Å². The van der Waals surface area contributed by atoms with Crippen molar-refractivity contribution in [2.24, 2.45) is 0 Å². The van der Waals surface area contributed by atoms with E-state index in [9.17, 15) is 0 Å². The third-order valence-corrected chi connectivity index (χ3v) is 3.49. The largest absolute Gasteiger partial charge is 0.340 e. The number of nitrogens with one attached hydrogen (secondary N) is 2. The lowest BCUT2D eigenvalue weighted by molar-refractivity contribution is 1.45. The summed E-state index contributed by atoms with van der Waals surface area (Å²) in [5.74, 6) is 0.297. The van der Waals surface area contributed by atoms with E-state index in [0.717, 1.165) is 11.1 Å². The van der Waals surface area contributed by atoms with Crippen molar-refractivity contribution in [2.75, 3.05) is 5.32 Å². The molecule has 0 unspecified atom stereocenters. The number of anilines is 1. The van der Waals surface area contributed by atoms with Gasteiger partial charge in [-0.25, -0.2) is 0 Å². The average Bonchev–Trinajstić information content (AvgIpc) is 2.47. The maximum absolute atomic E-state index is 8.12. The minimum Gasteiger partial charge on any atom is -0.340 e. The van der Waals surface area contributed by atoms with E-state index >= 15 is 0 Å². The van der Waals surface area contributed by atoms with Gasteiger partial charge in [0.05, 0.1) is 5.02 Å². The van der Waals surface area contributed by atoms with Crippen LogP contribution in [0.3, 0.4) is 0 Å². The molecule has 0 saturated heterocycles. The van der Waals surface area contributed by atoms with Crippen molar-refractivity contribution in [3.05, 3.63) is 77.3 Å². The lowest BCUT2D eigenvalue weighted by Gasteiger charge is -2.10. The second-order valence-corrected chi connectivity index (χ2v) is 4.95. The molecule has 0 aliphatic heterocycles. The van der Waals surface area contributed by atoms with Crippen LogP contribution < -0.4 is 5.32 Å². The summed E-state index contributed by atoms with van der Waals surface area (Å²) in [5.41, 5.74) is 1.58. The highest BCUT2D eigenvalue weighted by atomic mass is 35.5. The number of amidine groups is 1. The number of hydrogen-bond acceptors (Lipinski definition) is 1. The van der Waals surface area contributed by atoms with E-state index in [1.165, 1.54) is 5.39 Å². The molecule has 0 fully saturated rings. The summed E-state index contributed by atoms with van der Waals surface area (Å²) in [6.45, 7) is 0. The zero-order chi connectivity index (χ0) is 13.9. The summed E-state index contributed by atoms with van der Waals surface area (Å²) in [4.78, 5) is 0. The van der Waals surface area contributed by atoms with Crippen LogP contribution in [0.2, 0.25) is 5.02 Å². The molecule has 0 atom stereocenters. The molecule has 2 N–H and O–H groups in total. The van der Waals surface area contributed by atoms with Crippen molar-refractivity contribution in [1.82, 2.24) is 0 Å². The first-order valence-electron chi connectivity index (χ1n) is 6.33. The zero-order valence-corrected chi connectivity index (χ0v) is 11.5. The molecule has 3 heteroatoms. The van der Waals surface area contributed by atoms with Crippen LogP contribution in [-0.4, -0.2) is 5.84 Å². The highest BCUT2D eigenvalue weighted by Crippen LogP contribution is 2.21.